The Morgan fingerprint density at radius 2 is 2.05 bits per heavy atom. The first-order chi connectivity index (χ1) is 18.3. The van der Waals surface area contributed by atoms with Gasteiger partial charge in [-0.25, -0.2) is 9.78 Å². The van der Waals surface area contributed by atoms with E-state index in [9.17, 15) is 14.7 Å². The van der Waals surface area contributed by atoms with Gasteiger partial charge in [-0.15, -0.1) is 10.2 Å². The number of nitrogens with one attached hydrogen (secondary N) is 1. The van der Waals surface area contributed by atoms with Gasteiger partial charge < -0.3 is 33.9 Å². The molecule has 206 valence electrons. The average Bonchev–Trinajstić information content (AvgIpc) is 3.57. The van der Waals surface area contributed by atoms with Crippen LogP contribution in [0.4, 0.5) is 4.79 Å². The fraction of sp³-hybridized carbons (Fsp3) is 0.577. The lowest BCUT2D eigenvalue weighted by Crippen LogP contribution is -2.54. The van der Waals surface area contributed by atoms with Crippen molar-refractivity contribution in [3.8, 4) is 5.75 Å². The fourth-order valence-electron chi connectivity index (χ4n) is 5.18. The van der Waals surface area contributed by atoms with Crippen molar-refractivity contribution in [2.45, 2.75) is 51.6 Å². The van der Waals surface area contributed by atoms with Crippen LogP contribution >= 0.6 is 0 Å². The molecule has 1 fully saturated rings. The zero-order chi connectivity index (χ0) is 27.2. The fourth-order valence-corrected chi connectivity index (χ4v) is 5.18. The third-order valence-electron chi connectivity index (χ3n) is 6.92. The Hall–Kier alpha value is -3.67. The Labute approximate surface area is 221 Å². The number of benzene rings is 1. The molecule has 2 aromatic heterocycles. The Kier molecular flexibility index (Phi) is 8.82. The molecule has 3 aromatic rings. The molecular formula is C26H37N7O5. The second kappa shape index (κ2) is 12.2. The van der Waals surface area contributed by atoms with Gasteiger partial charge in [0.25, 0.3) is 5.91 Å². The second-order valence-electron chi connectivity index (χ2n) is 10.1. The van der Waals surface area contributed by atoms with E-state index in [2.05, 4.69) is 15.2 Å². The standard InChI is InChI=1S/C26H37N7O5/c1-17(2)13-33(19-12-18(23-27-16-28-30-23)14-31(15-19)26(35)36)25(34)24-29-22-20(8-7-9-21(22)38-4)32(24)10-5-6-11-37-3/h7-9,16-19H,5-6,10-15H2,1-4H3,(H,35,36)(H,27,28,30)/t18-,19+/m1/s1. The van der Waals surface area contributed by atoms with Gasteiger partial charge in [-0.1, -0.05) is 19.9 Å². The molecule has 0 saturated carbocycles. The largest absolute Gasteiger partial charge is 0.494 e. The third kappa shape index (κ3) is 5.90. The molecule has 12 heteroatoms. The number of methoxy groups -OCH3 is 2. The van der Waals surface area contributed by atoms with Crippen LogP contribution in [0.25, 0.3) is 11.0 Å². The van der Waals surface area contributed by atoms with Gasteiger partial charge >= 0.3 is 6.09 Å². The molecule has 4 rings (SSSR count). The lowest BCUT2D eigenvalue weighted by atomic mass is 9.92. The Balaban J connectivity index is 1.73. The minimum Gasteiger partial charge on any atom is -0.494 e. The minimum atomic E-state index is -1.02. The van der Waals surface area contributed by atoms with E-state index in [1.165, 1.54) is 11.2 Å². The molecule has 3 heterocycles. The van der Waals surface area contributed by atoms with Gasteiger partial charge in [0.15, 0.2) is 5.82 Å². The number of aryl methyl sites for hydroxylation is 1. The zero-order valence-corrected chi connectivity index (χ0v) is 22.5. The number of likely N-dealkylation sites (tertiary alicyclic amines) is 1. The predicted molar refractivity (Wildman–Crippen MR) is 140 cm³/mol. The van der Waals surface area contributed by atoms with Gasteiger partial charge in [0, 0.05) is 45.8 Å². The number of carbonyl (C=O) groups excluding carboxylic acids is 1. The van der Waals surface area contributed by atoms with Crippen molar-refractivity contribution in [2.24, 2.45) is 5.92 Å². The number of hydrogen-bond donors (Lipinski definition) is 2. The maximum absolute atomic E-state index is 14.3. The van der Waals surface area contributed by atoms with Gasteiger partial charge in [-0.2, -0.15) is 0 Å². The number of rotatable bonds is 11. The van der Waals surface area contributed by atoms with Crippen molar-refractivity contribution in [3.63, 3.8) is 0 Å². The smallest absolute Gasteiger partial charge is 0.407 e. The van der Waals surface area contributed by atoms with E-state index in [-0.39, 0.29) is 30.3 Å². The Morgan fingerprint density at radius 1 is 1.24 bits per heavy atom. The normalized spacial score (nSPS) is 17.8. The highest BCUT2D eigenvalue weighted by molar-refractivity contribution is 5.96. The number of nitrogens with zero attached hydrogens (tertiary/aromatic N) is 6. The summed E-state index contributed by atoms with van der Waals surface area (Å²) in [4.78, 5) is 37.3. The highest BCUT2D eigenvalue weighted by Crippen LogP contribution is 2.31. The first kappa shape index (κ1) is 27.4. The van der Waals surface area contributed by atoms with Crippen LogP contribution in [0.3, 0.4) is 0 Å². The summed E-state index contributed by atoms with van der Waals surface area (Å²) >= 11 is 0. The highest BCUT2D eigenvalue weighted by atomic mass is 16.5. The molecule has 12 nitrogen and oxygen atoms in total. The van der Waals surface area contributed by atoms with Crippen LogP contribution in [-0.4, -0.2) is 98.1 Å². The van der Waals surface area contributed by atoms with E-state index in [1.807, 2.05) is 36.6 Å². The molecule has 1 aliphatic rings. The van der Waals surface area contributed by atoms with Crippen LogP contribution in [0.2, 0.25) is 0 Å². The summed E-state index contributed by atoms with van der Waals surface area (Å²) < 4.78 is 12.7. The molecule has 0 aliphatic carbocycles. The van der Waals surface area contributed by atoms with Gasteiger partial charge in [-0.05, 0) is 37.3 Å². The summed E-state index contributed by atoms with van der Waals surface area (Å²) in [6.45, 7) is 6.29. The van der Waals surface area contributed by atoms with Crippen molar-refractivity contribution >= 4 is 23.0 Å². The lowest BCUT2D eigenvalue weighted by Gasteiger charge is -2.41. The maximum atomic E-state index is 14.3. The average molecular weight is 528 g/mol. The molecule has 0 bridgehead atoms. The van der Waals surface area contributed by atoms with E-state index < -0.39 is 6.09 Å². The summed E-state index contributed by atoms with van der Waals surface area (Å²) in [5, 5.41) is 17.9. The van der Waals surface area contributed by atoms with E-state index in [0.717, 1.165) is 18.4 Å². The van der Waals surface area contributed by atoms with Gasteiger partial charge in [-0.3, -0.25) is 4.79 Å². The minimum absolute atomic E-state index is 0.164. The number of aromatic nitrogens is 5. The van der Waals surface area contributed by atoms with Crippen molar-refractivity contribution in [1.29, 1.82) is 0 Å². The quantitative estimate of drug-likeness (QED) is 0.363. The van der Waals surface area contributed by atoms with Gasteiger partial charge in [0.2, 0.25) is 0 Å². The topological polar surface area (TPSA) is 139 Å². The lowest BCUT2D eigenvalue weighted by molar-refractivity contribution is 0.0453. The van der Waals surface area contributed by atoms with Crippen LogP contribution < -0.4 is 4.74 Å². The first-order valence-electron chi connectivity index (χ1n) is 13.0. The molecule has 2 amide bonds. The van der Waals surface area contributed by atoms with Crippen LogP contribution in [-0.2, 0) is 11.3 Å². The third-order valence-corrected chi connectivity index (χ3v) is 6.92. The number of hydrogen-bond acceptors (Lipinski definition) is 7. The van der Waals surface area contributed by atoms with Crippen molar-refractivity contribution in [1.82, 2.24) is 34.5 Å². The number of para-hydroxylation sites is 1. The van der Waals surface area contributed by atoms with E-state index in [4.69, 9.17) is 14.5 Å². The predicted octanol–water partition coefficient (Wildman–Crippen LogP) is 3.22. The molecular weight excluding hydrogens is 490 g/mol. The number of aromatic amines is 1. The summed E-state index contributed by atoms with van der Waals surface area (Å²) in [7, 11) is 3.26. The molecule has 0 radical (unpaired) electrons. The van der Waals surface area contributed by atoms with E-state index in [0.29, 0.717) is 55.6 Å². The number of imidazole rings is 1. The molecule has 1 aromatic carbocycles. The molecule has 38 heavy (non-hydrogen) atoms. The Morgan fingerprint density at radius 3 is 2.71 bits per heavy atom. The summed E-state index contributed by atoms with van der Waals surface area (Å²) in [6, 6.07) is 5.31. The summed E-state index contributed by atoms with van der Waals surface area (Å²) in [6.07, 6.45) is 2.68. The Bertz CT molecular complexity index is 1230. The number of carbonyl (C=O) groups is 2. The summed E-state index contributed by atoms with van der Waals surface area (Å²) in [5.41, 5.74) is 1.45. The number of fused-ring (bicyclic) bond motifs is 1. The van der Waals surface area contributed by atoms with E-state index >= 15 is 0 Å². The van der Waals surface area contributed by atoms with Crippen LogP contribution in [0.5, 0.6) is 5.75 Å². The number of carboxylic acid groups (broad SMARTS) is 1. The maximum Gasteiger partial charge on any atom is 0.407 e. The molecule has 0 unspecified atom stereocenters. The van der Waals surface area contributed by atoms with Gasteiger partial charge in [0.1, 0.15) is 23.4 Å². The van der Waals surface area contributed by atoms with Crippen molar-refractivity contribution in [2.75, 3.05) is 40.5 Å². The van der Waals surface area contributed by atoms with E-state index in [1.54, 1.807) is 19.1 Å². The molecule has 2 atom stereocenters. The first-order valence-corrected chi connectivity index (χ1v) is 13.0. The summed E-state index contributed by atoms with van der Waals surface area (Å²) in [5.74, 6) is 1.28. The number of H-pyrrole nitrogens is 1. The molecule has 1 saturated heterocycles. The zero-order valence-electron chi connectivity index (χ0n) is 22.5. The van der Waals surface area contributed by atoms with Crippen molar-refractivity contribution in [3.05, 3.63) is 36.2 Å². The van der Waals surface area contributed by atoms with Crippen LogP contribution in [0.15, 0.2) is 24.5 Å². The van der Waals surface area contributed by atoms with Crippen LogP contribution in [0, 0.1) is 5.92 Å². The number of ether oxygens (including phenoxy) is 2. The second-order valence-corrected chi connectivity index (χ2v) is 10.1. The van der Waals surface area contributed by atoms with Crippen LogP contribution in [0.1, 0.15) is 55.5 Å². The SMILES string of the molecule is COCCCCn1c(C(=O)N(CC(C)C)[C@H]2C[C@@H](c3nnc[nH]3)CN(C(=O)O)C2)nc2c(OC)cccc21. The van der Waals surface area contributed by atoms with Crippen molar-refractivity contribution < 1.29 is 24.2 Å². The highest BCUT2D eigenvalue weighted by Gasteiger charge is 2.38. The monoisotopic (exact) mass is 527 g/mol. The molecule has 0 spiro atoms. The molecule has 1 aliphatic heterocycles. The van der Waals surface area contributed by atoms with Gasteiger partial charge in [0.05, 0.1) is 18.7 Å². The number of piperidine rings is 1. The molecule has 2 N–H and O–H groups in total. The number of unbranched alkanes of at least 4 members (excludes halogenated alkanes) is 1. The number of amides is 2.